The monoisotopic (exact) mass is 245 g/mol. The molecule has 2 heterocycles. The highest BCUT2D eigenvalue weighted by Gasteiger charge is 2.21. The molecule has 98 valence electrons. The molecule has 1 saturated heterocycles. The van der Waals surface area contributed by atoms with Gasteiger partial charge in [0.2, 0.25) is 0 Å². The van der Waals surface area contributed by atoms with Crippen molar-refractivity contribution in [2.24, 2.45) is 0 Å². The molecule has 2 aliphatic heterocycles. The van der Waals surface area contributed by atoms with Gasteiger partial charge in [0.15, 0.2) is 0 Å². The lowest BCUT2D eigenvalue weighted by Crippen LogP contribution is -2.49. The summed E-state index contributed by atoms with van der Waals surface area (Å²) in [5.74, 6) is 0. The minimum atomic E-state index is 0.662. The average Bonchev–Trinajstić information content (AvgIpc) is 2.80. The Morgan fingerprint density at radius 3 is 3.06 bits per heavy atom. The third-order valence-electron chi connectivity index (χ3n) is 4.23. The zero-order chi connectivity index (χ0) is 12.5. The number of hydrogen-bond donors (Lipinski definition) is 1. The van der Waals surface area contributed by atoms with Crippen LogP contribution in [0.5, 0.6) is 0 Å². The molecule has 0 aromatic heterocycles. The smallest absolute Gasteiger partial charge is 0.0373 e. The van der Waals surface area contributed by atoms with Gasteiger partial charge in [-0.15, -0.1) is 0 Å². The van der Waals surface area contributed by atoms with Crippen LogP contribution < -0.4 is 5.32 Å². The number of piperazine rings is 1. The number of fused-ring (bicyclic) bond motifs is 1. The van der Waals surface area contributed by atoms with Crippen LogP contribution in [0.3, 0.4) is 0 Å². The summed E-state index contributed by atoms with van der Waals surface area (Å²) in [7, 11) is 2.22. The van der Waals surface area contributed by atoms with E-state index in [1.54, 1.807) is 0 Å². The first-order chi connectivity index (χ1) is 8.72. The van der Waals surface area contributed by atoms with Crippen LogP contribution in [-0.4, -0.2) is 49.1 Å². The molecule has 0 aliphatic carbocycles. The van der Waals surface area contributed by atoms with Gasteiger partial charge < -0.3 is 10.2 Å². The second-order valence-corrected chi connectivity index (χ2v) is 5.75. The average molecular weight is 245 g/mol. The minimum Gasteiger partial charge on any atom is -0.384 e. The molecular formula is C15H23N3. The molecule has 0 bridgehead atoms. The van der Waals surface area contributed by atoms with Crippen molar-refractivity contribution in [1.29, 1.82) is 0 Å². The van der Waals surface area contributed by atoms with E-state index in [1.165, 1.54) is 42.9 Å². The maximum atomic E-state index is 3.43. The molecule has 3 rings (SSSR count). The van der Waals surface area contributed by atoms with Gasteiger partial charge in [0, 0.05) is 44.5 Å². The predicted octanol–water partition coefficient (Wildman–Crippen LogP) is 1.79. The Bertz CT molecular complexity index is 430. The second-order valence-electron chi connectivity index (χ2n) is 5.75. The van der Waals surface area contributed by atoms with E-state index in [0.29, 0.717) is 6.04 Å². The number of rotatable bonds is 2. The highest BCUT2D eigenvalue weighted by atomic mass is 15.3. The summed E-state index contributed by atoms with van der Waals surface area (Å²) in [6.45, 7) is 8.10. The van der Waals surface area contributed by atoms with Crippen LogP contribution in [-0.2, 0) is 13.0 Å². The Kier molecular flexibility index (Phi) is 3.27. The fourth-order valence-corrected chi connectivity index (χ4v) is 3.10. The summed E-state index contributed by atoms with van der Waals surface area (Å²) in [6.07, 6.45) is 1.18. The second kappa shape index (κ2) is 4.90. The molecule has 1 aromatic rings. The number of benzene rings is 1. The Hall–Kier alpha value is -1.06. The van der Waals surface area contributed by atoms with Crippen LogP contribution in [0.2, 0.25) is 0 Å². The lowest BCUT2D eigenvalue weighted by molar-refractivity contribution is 0.0938. The SMILES string of the molecule is CC1CN(C)CCN1Cc1ccc2c(c1)CCN2. The molecule has 1 fully saturated rings. The summed E-state index contributed by atoms with van der Waals surface area (Å²) in [5, 5.41) is 3.43. The van der Waals surface area contributed by atoms with Crippen LogP contribution in [0.25, 0.3) is 0 Å². The lowest BCUT2D eigenvalue weighted by Gasteiger charge is -2.38. The van der Waals surface area contributed by atoms with Crippen LogP contribution in [0, 0.1) is 0 Å². The van der Waals surface area contributed by atoms with Crippen molar-refractivity contribution in [3.63, 3.8) is 0 Å². The van der Waals surface area contributed by atoms with Crippen LogP contribution >= 0.6 is 0 Å². The molecule has 1 atom stereocenters. The first kappa shape index (κ1) is 12.0. The topological polar surface area (TPSA) is 18.5 Å². The van der Waals surface area contributed by atoms with Crippen molar-refractivity contribution in [2.45, 2.75) is 25.9 Å². The van der Waals surface area contributed by atoms with E-state index in [1.807, 2.05) is 0 Å². The Morgan fingerprint density at radius 1 is 1.33 bits per heavy atom. The molecule has 1 aromatic carbocycles. The molecule has 18 heavy (non-hydrogen) atoms. The van der Waals surface area contributed by atoms with Crippen LogP contribution in [0.15, 0.2) is 18.2 Å². The van der Waals surface area contributed by atoms with Gasteiger partial charge in [-0.25, -0.2) is 0 Å². The largest absolute Gasteiger partial charge is 0.384 e. The summed E-state index contributed by atoms with van der Waals surface area (Å²) in [4.78, 5) is 5.03. The molecule has 0 saturated carbocycles. The number of anilines is 1. The summed E-state index contributed by atoms with van der Waals surface area (Å²) in [6, 6.07) is 7.58. The molecule has 2 aliphatic rings. The van der Waals surface area contributed by atoms with Gasteiger partial charge in [0.25, 0.3) is 0 Å². The Morgan fingerprint density at radius 2 is 2.22 bits per heavy atom. The molecule has 3 heteroatoms. The zero-order valence-electron chi connectivity index (χ0n) is 11.4. The fraction of sp³-hybridized carbons (Fsp3) is 0.600. The molecule has 0 radical (unpaired) electrons. The Balaban J connectivity index is 1.69. The van der Waals surface area contributed by atoms with E-state index in [-0.39, 0.29) is 0 Å². The van der Waals surface area contributed by atoms with Gasteiger partial charge >= 0.3 is 0 Å². The van der Waals surface area contributed by atoms with Crippen molar-refractivity contribution in [2.75, 3.05) is 38.5 Å². The molecule has 0 amide bonds. The number of nitrogens with zero attached hydrogens (tertiary/aromatic N) is 2. The highest BCUT2D eigenvalue weighted by molar-refractivity contribution is 5.56. The summed E-state index contributed by atoms with van der Waals surface area (Å²) in [5.41, 5.74) is 4.30. The number of likely N-dealkylation sites (N-methyl/N-ethyl adjacent to an activating group) is 1. The van der Waals surface area contributed by atoms with E-state index in [2.05, 4.69) is 47.3 Å². The van der Waals surface area contributed by atoms with Crippen molar-refractivity contribution in [3.8, 4) is 0 Å². The lowest BCUT2D eigenvalue weighted by atomic mass is 10.1. The molecule has 3 nitrogen and oxygen atoms in total. The maximum absolute atomic E-state index is 3.43. The van der Waals surface area contributed by atoms with E-state index in [0.717, 1.165) is 13.1 Å². The Labute approximate surface area is 110 Å². The normalized spacial score (nSPS) is 24.9. The third-order valence-corrected chi connectivity index (χ3v) is 4.23. The van der Waals surface area contributed by atoms with E-state index in [9.17, 15) is 0 Å². The predicted molar refractivity (Wildman–Crippen MR) is 76.0 cm³/mol. The summed E-state index contributed by atoms with van der Waals surface area (Å²) < 4.78 is 0. The van der Waals surface area contributed by atoms with Gasteiger partial charge in [-0.3, -0.25) is 4.90 Å². The van der Waals surface area contributed by atoms with E-state index in [4.69, 9.17) is 0 Å². The zero-order valence-corrected chi connectivity index (χ0v) is 11.4. The molecular weight excluding hydrogens is 222 g/mol. The summed E-state index contributed by atoms with van der Waals surface area (Å²) >= 11 is 0. The third kappa shape index (κ3) is 2.38. The van der Waals surface area contributed by atoms with Crippen molar-refractivity contribution in [1.82, 2.24) is 9.80 Å². The highest BCUT2D eigenvalue weighted by Crippen LogP contribution is 2.24. The first-order valence-electron chi connectivity index (χ1n) is 7.00. The van der Waals surface area contributed by atoms with Crippen molar-refractivity contribution < 1.29 is 0 Å². The minimum absolute atomic E-state index is 0.662. The standard InChI is InChI=1S/C15H23N3/c1-12-10-17(2)7-8-18(12)11-13-3-4-15-14(9-13)5-6-16-15/h3-4,9,12,16H,5-8,10-11H2,1-2H3. The molecule has 0 spiro atoms. The van der Waals surface area contributed by atoms with Gasteiger partial charge in [-0.1, -0.05) is 12.1 Å². The number of nitrogens with one attached hydrogen (secondary N) is 1. The number of hydrogen-bond acceptors (Lipinski definition) is 3. The molecule has 1 unspecified atom stereocenters. The van der Waals surface area contributed by atoms with Gasteiger partial charge in [0.1, 0.15) is 0 Å². The first-order valence-corrected chi connectivity index (χ1v) is 7.00. The van der Waals surface area contributed by atoms with Crippen molar-refractivity contribution in [3.05, 3.63) is 29.3 Å². The van der Waals surface area contributed by atoms with E-state index >= 15 is 0 Å². The van der Waals surface area contributed by atoms with Crippen LogP contribution in [0.1, 0.15) is 18.1 Å². The van der Waals surface area contributed by atoms with E-state index < -0.39 is 0 Å². The van der Waals surface area contributed by atoms with Crippen LogP contribution in [0.4, 0.5) is 5.69 Å². The van der Waals surface area contributed by atoms with Gasteiger partial charge in [-0.2, -0.15) is 0 Å². The maximum Gasteiger partial charge on any atom is 0.0373 e. The molecule has 1 N–H and O–H groups in total. The van der Waals surface area contributed by atoms with Gasteiger partial charge in [0.05, 0.1) is 0 Å². The quantitative estimate of drug-likeness (QED) is 0.857. The fourth-order valence-electron chi connectivity index (χ4n) is 3.10. The van der Waals surface area contributed by atoms with Crippen molar-refractivity contribution >= 4 is 5.69 Å². The van der Waals surface area contributed by atoms with Gasteiger partial charge in [-0.05, 0) is 37.6 Å².